The zero-order chi connectivity index (χ0) is 17.8. The Hall–Kier alpha value is -2.64. The first-order valence-electron chi connectivity index (χ1n) is 7.50. The average molecular weight is 375 g/mol. The molecule has 0 atom stereocenters. The molecule has 2 heterocycles. The normalized spacial score (nSPS) is 10.6. The van der Waals surface area contributed by atoms with Crippen LogP contribution >= 0.6 is 22.9 Å². The van der Waals surface area contributed by atoms with Crippen molar-refractivity contribution in [1.82, 2.24) is 9.97 Å². The molecule has 0 saturated heterocycles. The summed E-state index contributed by atoms with van der Waals surface area (Å²) in [6, 6.07) is 9.08. The second kappa shape index (κ2) is 7.50. The van der Waals surface area contributed by atoms with E-state index in [1.807, 2.05) is 18.2 Å². The number of aryl methyl sites for hydroxylation is 1. The Balaban J connectivity index is 1.60. The Bertz CT molecular complexity index is 919. The molecule has 0 fully saturated rings. The van der Waals surface area contributed by atoms with Crippen LogP contribution in [0.15, 0.2) is 41.9 Å². The third-order valence-electron chi connectivity index (χ3n) is 3.57. The maximum Gasteiger partial charge on any atom is 0.265 e. The Morgan fingerprint density at radius 3 is 2.84 bits per heavy atom. The van der Waals surface area contributed by atoms with Gasteiger partial charge in [0.15, 0.2) is 5.13 Å². The van der Waals surface area contributed by atoms with Crippen LogP contribution in [0.3, 0.4) is 0 Å². The number of rotatable bonds is 6. The quantitative estimate of drug-likeness (QED) is 0.615. The number of anilines is 1. The van der Waals surface area contributed by atoms with Gasteiger partial charge in [0, 0.05) is 28.6 Å². The number of amides is 2. The lowest BCUT2D eigenvalue weighted by atomic mass is 10.1. The molecule has 4 N–H and O–H groups in total. The van der Waals surface area contributed by atoms with Gasteiger partial charge in [-0.3, -0.25) is 9.59 Å². The second-order valence-corrected chi connectivity index (χ2v) is 6.61. The van der Waals surface area contributed by atoms with Gasteiger partial charge in [0.05, 0.1) is 5.69 Å². The molecule has 0 aliphatic rings. The monoisotopic (exact) mass is 374 g/mol. The maximum atomic E-state index is 12.1. The van der Waals surface area contributed by atoms with Gasteiger partial charge in [0.1, 0.15) is 5.69 Å². The number of nitrogens with two attached hydrogens (primary N) is 1. The molecule has 0 bridgehead atoms. The highest BCUT2D eigenvalue weighted by Gasteiger charge is 2.11. The van der Waals surface area contributed by atoms with Gasteiger partial charge < -0.3 is 16.0 Å². The Labute approximate surface area is 153 Å². The fourth-order valence-electron chi connectivity index (χ4n) is 2.28. The van der Waals surface area contributed by atoms with Crippen LogP contribution in [-0.2, 0) is 11.2 Å². The van der Waals surface area contributed by atoms with Gasteiger partial charge in [-0.1, -0.05) is 29.8 Å². The smallest absolute Gasteiger partial charge is 0.265 e. The van der Waals surface area contributed by atoms with E-state index >= 15 is 0 Å². The number of aromatic amines is 1. The Morgan fingerprint density at radius 1 is 1.32 bits per heavy atom. The van der Waals surface area contributed by atoms with E-state index < -0.39 is 5.91 Å². The molecule has 0 aliphatic carbocycles. The molecule has 2 amide bonds. The van der Waals surface area contributed by atoms with Gasteiger partial charge >= 0.3 is 0 Å². The van der Waals surface area contributed by atoms with Crippen LogP contribution in [0.4, 0.5) is 5.13 Å². The Kier molecular flexibility index (Phi) is 5.16. The number of benzene rings is 1. The molecule has 0 saturated carbocycles. The number of carbonyl (C=O) groups excluding carboxylic acids is 2. The SMILES string of the molecule is NC(=O)c1cc(-c2csc(NC(=O)CCc3ccccc3Cl)n2)c[nH]1. The zero-order valence-corrected chi connectivity index (χ0v) is 14.7. The summed E-state index contributed by atoms with van der Waals surface area (Å²) in [4.78, 5) is 30.3. The molecule has 6 nitrogen and oxygen atoms in total. The number of hydrogen-bond donors (Lipinski definition) is 3. The molecule has 25 heavy (non-hydrogen) atoms. The Morgan fingerprint density at radius 2 is 2.12 bits per heavy atom. The van der Waals surface area contributed by atoms with Crippen molar-refractivity contribution < 1.29 is 9.59 Å². The van der Waals surface area contributed by atoms with Crippen LogP contribution in [0.1, 0.15) is 22.5 Å². The minimum absolute atomic E-state index is 0.132. The van der Waals surface area contributed by atoms with E-state index in [1.54, 1.807) is 23.7 Å². The number of halogens is 1. The highest BCUT2D eigenvalue weighted by molar-refractivity contribution is 7.14. The van der Waals surface area contributed by atoms with Crippen molar-refractivity contribution in [3.05, 3.63) is 58.2 Å². The lowest BCUT2D eigenvalue weighted by Gasteiger charge is -2.04. The van der Waals surface area contributed by atoms with E-state index in [0.29, 0.717) is 34.4 Å². The van der Waals surface area contributed by atoms with Crippen molar-refractivity contribution in [2.24, 2.45) is 5.73 Å². The molecule has 3 rings (SSSR count). The topological polar surface area (TPSA) is 101 Å². The molecule has 0 aliphatic heterocycles. The van der Waals surface area contributed by atoms with Gasteiger partial charge in [-0.2, -0.15) is 0 Å². The third-order valence-corrected chi connectivity index (χ3v) is 4.70. The summed E-state index contributed by atoms with van der Waals surface area (Å²) in [7, 11) is 0. The summed E-state index contributed by atoms with van der Waals surface area (Å²) in [5, 5.41) is 5.74. The van der Waals surface area contributed by atoms with Gasteiger partial charge in [-0.25, -0.2) is 4.98 Å². The summed E-state index contributed by atoms with van der Waals surface area (Å²) in [6.45, 7) is 0. The highest BCUT2D eigenvalue weighted by atomic mass is 35.5. The lowest BCUT2D eigenvalue weighted by Crippen LogP contribution is -2.12. The van der Waals surface area contributed by atoms with Crippen molar-refractivity contribution in [2.75, 3.05) is 5.32 Å². The van der Waals surface area contributed by atoms with Crippen molar-refractivity contribution in [1.29, 1.82) is 0 Å². The van der Waals surface area contributed by atoms with Crippen LogP contribution in [-0.4, -0.2) is 21.8 Å². The van der Waals surface area contributed by atoms with Crippen LogP contribution in [0.25, 0.3) is 11.3 Å². The molecular weight excluding hydrogens is 360 g/mol. The zero-order valence-electron chi connectivity index (χ0n) is 13.1. The van der Waals surface area contributed by atoms with Gasteiger partial charge in [-0.05, 0) is 24.1 Å². The molecule has 2 aromatic heterocycles. The second-order valence-electron chi connectivity index (χ2n) is 5.34. The van der Waals surface area contributed by atoms with Crippen LogP contribution in [0.5, 0.6) is 0 Å². The number of primary amides is 1. The highest BCUT2D eigenvalue weighted by Crippen LogP contribution is 2.25. The number of carbonyl (C=O) groups is 2. The first kappa shape index (κ1) is 17.2. The summed E-state index contributed by atoms with van der Waals surface area (Å²) >= 11 is 7.40. The predicted octanol–water partition coefficient (Wildman–Crippen LogP) is 3.46. The first-order chi connectivity index (χ1) is 12.0. The molecule has 0 spiro atoms. The van der Waals surface area contributed by atoms with Gasteiger partial charge in [0.2, 0.25) is 5.91 Å². The van der Waals surface area contributed by atoms with Crippen molar-refractivity contribution in [3.8, 4) is 11.3 Å². The third kappa shape index (κ3) is 4.26. The molecule has 0 radical (unpaired) electrons. The van der Waals surface area contributed by atoms with Crippen molar-refractivity contribution >= 4 is 39.9 Å². The molecule has 128 valence electrons. The summed E-state index contributed by atoms with van der Waals surface area (Å²) < 4.78 is 0. The van der Waals surface area contributed by atoms with E-state index in [-0.39, 0.29) is 5.91 Å². The van der Waals surface area contributed by atoms with E-state index in [0.717, 1.165) is 11.1 Å². The van der Waals surface area contributed by atoms with E-state index in [4.69, 9.17) is 17.3 Å². The molecule has 8 heteroatoms. The average Bonchev–Trinajstić information content (AvgIpc) is 3.23. The number of hydrogen-bond acceptors (Lipinski definition) is 4. The summed E-state index contributed by atoms with van der Waals surface area (Å²) in [5.41, 5.74) is 7.86. The van der Waals surface area contributed by atoms with E-state index in [1.165, 1.54) is 11.3 Å². The van der Waals surface area contributed by atoms with Crippen molar-refractivity contribution in [2.45, 2.75) is 12.8 Å². The van der Waals surface area contributed by atoms with E-state index in [9.17, 15) is 9.59 Å². The summed E-state index contributed by atoms with van der Waals surface area (Å²) in [5.74, 6) is -0.665. The van der Waals surface area contributed by atoms with Gasteiger partial charge in [-0.15, -0.1) is 11.3 Å². The molecular formula is C17H15ClN4O2S. The fraction of sp³-hybridized carbons (Fsp3) is 0.118. The standard InChI is InChI=1S/C17H15ClN4O2S/c18-12-4-2-1-3-10(12)5-6-15(23)22-17-21-14(9-25-17)11-7-13(16(19)24)20-8-11/h1-4,7-9,20H,5-6H2,(H2,19,24)(H,21,22,23). The van der Waals surface area contributed by atoms with Crippen LogP contribution in [0, 0.1) is 0 Å². The largest absolute Gasteiger partial charge is 0.364 e. The molecule has 0 unspecified atom stereocenters. The number of H-pyrrole nitrogens is 1. The van der Waals surface area contributed by atoms with Gasteiger partial charge in [0.25, 0.3) is 5.91 Å². The number of aromatic nitrogens is 2. The van der Waals surface area contributed by atoms with Crippen LogP contribution < -0.4 is 11.1 Å². The number of thiazole rings is 1. The minimum atomic E-state index is -0.533. The maximum absolute atomic E-state index is 12.1. The van der Waals surface area contributed by atoms with Crippen molar-refractivity contribution in [3.63, 3.8) is 0 Å². The number of nitrogens with zero attached hydrogens (tertiary/aromatic N) is 1. The van der Waals surface area contributed by atoms with Crippen LogP contribution in [0.2, 0.25) is 5.02 Å². The lowest BCUT2D eigenvalue weighted by molar-refractivity contribution is -0.116. The predicted molar refractivity (Wildman–Crippen MR) is 98.8 cm³/mol. The first-order valence-corrected chi connectivity index (χ1v) is 8.76. The number of nitrogens with one attached hydrogen (secondary N) is 2. The molecule has 3 aromatic rings. The summed E-state index contributed by atoms with van der Waals surface area (Å²) in [6.07, 6.45) is 2.52. The fourth-order valence-corrected chi connectivity index (χ4v) is 3.25. The minimum Gasteiger partial charge on any atom is -0.364 e. The molecule has 1 aromatic carbocycles. The van der Waals surface area contributed by atoms with E-state index in [2.05, 4.69) is 15.3 Å².